The van der Waals surface area contributed by atoms with Gasteiger partial charge in [-0.15, -0.1) is 11.3 Å². The molecule has 0 fully saturated rings. The smallest absolute Gasteiger partial charge is 0.262 e. The third-order valence-electron chi connectivity index (χ3n) is 4.48. The van der Waals surface area contributed by atoms with Gasteiger partial charge in [0.2, 0.25) is 5.91 Å². The first-order valence-corrected chi connectivity index (χ1v) is 9.85. The Morgan fingerprint density at radius 2 is 2.08 bits per heavy atom. The number of halogens is 2. The minimum absolute atomic E-state index is 0.130. The van der Waals surface area contributed by atoms with Crippen LogP contribution in [0.5, 0.6) is 0 Å². The van der Waals surface area contributed by atoms with E-state index in [-0.39, 0.29) is 23.0 Å². The van der Waals surface area contributed by atoms with Crippen LogP contribution in [0.2, 0.25) is 10.0 Å². The number of hydrogen-bond acceptors (Lipinski definition) is 4. The average molecular weight is 408 g/mol. The van der Waals surface area contributed by atoms with Crippen molar-refractivity contribution >= 4 is 56.3 Å². The Hall–Kier alpha value is -1.89. The van der Waals surface area contributed by atoms with Gasteiger partial charge in [0.15, 0.2) is 0 Å². The van der Waals surface area contributed by atoms with Crippen LogP contribution in [0, 0.1) is 0 Å². The zero-order chi connectivity index (χ0) is 18.3. The predicted molar refractivity (Wildman–Crippen MR) is 106 cm³/mol. The molecule has 1 amide bonds. The molecule has 0 saturated heterocycles. The van der Waals surface area contributed by atoms with E-state index in [1.54, 1.807) is 29.5 Å². The molecular formula is C18H15Cl2N3O2S. The van der Waals surface area contributed by atoms with Crippen LogP contribution in [0.15, 0.2) is 29.3 Å². The van der Waals surface area contributed by atoms with E-state index in [0.29, 0.717) is 16.1 Å². The van der Waals surface area contributed by atoms with Crippen LogP contribution in [0.3, 0.4) is 0 Å². The molecule has 1 aliphatic carbocycles. The highest BCUT2D eigenvalue weighted by atomic mass is 35.5. The van der Waals surface area contributed by atoms with E-state index in [2.05, 4.69) is 10.3 Å². The molecule has 2 aromatic heterocycles. The van der Waals surface area contributed by atoms with Crippen LogP contribution in [-0.4, -0.2) is 15.5 Å². The standard InChI is InChI=1S/C18H15Cl2N3O2S/c19-11-5-3-6-12(16(11)20)22-14(24)8-23-9-21-17-15(18(23)25)10-4-1-2-7-13(10)26-17/h3,5-6,9H,1-2,4,7-8H2,(H,22,24). The molecule has 0 aliphatic heterocycles. The molecule has 0 radical (unpaired) electrons. The van der Waals surface area contributed by atoms with Crippen molar-refractivity contribution in [2.24, 2.45) is 0 Å². The second kappa shape index (κ2) is 7.02. The van der Waals surface area contributed by atoms with Crippen molar-refractivity contribution in [2.75, 3.05) is 5.32 Å². The van der Waals surface area contributed by atoms with Gasteiger partial charge in [0.25, 0.3) is 5.56 Å². The van der Waals surface area contributed by atoms with E-state index in [1.807, 2.05) is 0 Å². The van der Waals surface area contributed by atoms with Crippen molar-refractivity contribution < 1.29 is 4.79 Å². The summed E-state index contributed by atoms with van der Waals surface area (Å²) in [7, 11) is 0. The number of anilines is 1. The highest BCUT2D eigenvalue weighted by Crippen LogP contribution is 2.33. The number of fused-ring (bicyclic) bond motifs is 3. The second-order valence-corrected chi connectivity index (χ2v) is 8.09. The molecular weight excluding hydrogens is 393 g/mol. The number of aromatic nitrogens is 2. The van der Waals surface area contributed by atoms with Crippen molar-refractivity contribution in [1.82, 2.24) is 9.55 Å². The molecule has 1 aliphatic rings. The average Bonchev–Trinajstić information content (AvgIpc) is 3.01. The fourth-order valence-electron chi connectivity index (χ4n) is 3.24. The van der Waals surface area contributed by atoms with Gasteiger partial charge in [-0.1, -0.05) is 29.3 Å². The summed E-state index contributed by atoms with van der Waals surface area (Å²) in [5.74, 6) is -0.360. The summed E-state index contributed by atoms with van der Waals surface area (Å²) >= 11 is 13.6. The second-order valence-electron chi connectivity index (χ2n) is 6.22. The lowest BCUT2D eigenvalue weighted by atomic mass is 9.97. The Morgan fingerprint density at radius 3 is 2.92 bits per heavy atom. The lowest BCUT2D eigenvalue weighted by Gasteiger charge is -2.11. The van der Waals surface area contributed by atoms with Gasteiger partial charge in [-0.2, -0.15) is 0 Å². The Balaban J connectivity index is 1.63. The van der Waals surface area contributed by atoms with Crippen molar-refractivity contribution in [3.8, 4) is 0 Å². The fraction of sp³-hybridized carbons (Fsp3) is 0.278. The Labute approximate surface area is 163 Å². The molecule has 3 aromatic rings. The summed E-state index contributed by atoms with van der Waals surface area (Å²) in [4.78, 5) is 31.6. The molecule has 134 valence electrons. The third-order valence-corrected chi connectivity index (χ3v) is 6.50. The summed E-state index contributed by atoms with van der Waals surface area (Å²) < 4.78 is 1.34. The molecule has 0 atom stereocenters. The number of amides is 1. The molecule has 8 heteroatoms. The van der Waals surface area contributed by atoms with Gasteiger partial charge in [0, 0.05) is 4.88 Å². The van der Waals surface area contributed by atoms with E-state index in [1.165, 1.54) is 15.8 Å². The predicted octanol–water partition coefficient (Wildman–Crippen LogP) is 4.28. The van der Waals surface area contributed by atoms with Gasteiger partial charge in [-0.25, -0.2) is 4.98 Å². The number of nitrogens with one attached hydrogen (secondary N) is 1. The maximum atomic E-state index is 12.9. The lowest BCUT2D eigenvalue weighted by molar-refractivity contribution is -0.116. The molecule has 4 rings (SSSR count). The molecule has 0 unspecified atom stereocenters. The van der Waals surface area contributed by atoms with Crippen LogP contribution in [-0.2, 0) is 24.2 Å². The Morgan fingerprint density at radius 1 is 1.27 bits per heavy atom. The Kier molecular flexibility index (Phi) is 4.73. The highest BCUT2D eigenvalue weighted by Gasteiger charge is 2.20. The summed E-state index contributed by atoms with van der Waals surface area (Å²) in [5, 5.41) is 3.99. The number of hydrogen-bond donors (Lipinski definition) is 1. The van der Waals surface area contributed by atoms with Crippen molar-refractivity contribution in [3.05, 3.63) is 55.4 Å². The minimum Gasteiger partial charge on any atom is -0.323 e. The summed E-state index contributed by atoms with van der Waals surface area (Å²) in [6.07, 6.45) is 5.58. The Bertz CT molecular complexity index is 1070. The molecule has 1 aromatic carbocycles. The normalized spacial score (nSPS) is 13.6. The molecule has 5 nitrogen and oxygen atoms in total. The first kappa shape index (κ1) is 17.5. The van der Waals surface area contributed by atoms with E-state index >= 15 is 0 Å². The molecule has 2 heterocycles. The van der Waals surface area contributed by atoms with E-state index in [0.717, 1.165) is 36.1 Å². The lowest BCUT2D eigenvalue weighted by Crippen LogP contribution is -2.28. The van der Waals surface area contributed by atoms with E-state index in [9.17, 15) is 9.59 Å². The van der Waals surface area contributed by atoms with Crippen LogP contribution in [0.25, 0.3) is 10.2 Å². The van der Waals surface area contributed by atoms with Crippen molar-refractivity contribution in [1.29, 1.82) is 0 Å². The number of thiophene rings is 1. The first-order chi connectivity index (χ1) is 12.5. The zero-order valence-electron chi connectivity index (χ0n) is 13.7. The van der Waals surface area contributed by atoms with Gasteiger partial charge in [-0.05, 0) is 43.4 Å². The SMILES string of the molecule is O=C(Cn1cnc2sc3c(c2c1=O)CCCC3)Nc1cccc(Cl)c1Cl. The van der Waals surface area contributed by atoms with E-state index in [4.69, 9.17) is 23.2 Å². The largest absolute Gasteiger partial charge is 0.323 e. The van der Waals surface area contributed by atoms with E-state index < -0.39 is 0 Å². The molecule has 1 N–H and O–H groups in total. The van der Waals surface area contributed by atoms with Crippen LogP contribution in [0.4, 0.5) is 5.69 Å². The summed E-state index contributed by atoms with van der Waals surface area (Å²) in [6.45, 7) is -0.130. The topological polar surface area (TPSA) is 64.0 Å². The third kappa shape index (κ3) is 3.13. The van der Waals surface area contributed by atoms with Crippen LogP contribution >= 0.6 is 34.5 Å². The number of nitrogens with zero attached hydrogens (tertiary/aromatic N) is 2. The van der Waals surface area contributed by atoms with Gasteiger partial charge in [-0.3, -0.25) is 14.2 Å². The van der Waals surface area contributed by atoms with Gasteiger partial charge < -0.3 is 5.32 Å². The zero-order valence-corrected chi connectivity index (χ0v) is 16.0. The maximum Gasteiger partial charge on any atom is 0.262 e. The monoisotopic (exact) mass is 407 g/mol. The maximum absolute atomic E-state index is 12.9. The van der Waals surface area contributed by atoms with Gasteiger partial charge in [0.05, 0.1) is 27.4 Å². The molecule has 0 saturated carbocycles. The minimum atomic E-state index is -0.360. The first-order valence-electron chi connectivity index (χ1n) is 8.28. The van der Waals surface area contributed by atoms with Gasteiger partial charge in [0.1, 0.15) is 11.4 Å². The quantitative estimate of drug-likeness (QED) is 0.704. The number of rotatable bonds is 3. The summed E-state index contributed by atoms with van der Waals surface area (Å²) in [5.41, 5.74) is 1.36. The van der Waals surface area contributed by atoms with Crippen molar-refractivity contribution in [3.63, 3.8) is 0 Å². The summed E-state index contributed by atoms with van der Waals surface area (Å²) in [6, 6.07) is 4.99. The number of benzene rings is 1. The molecule has 0 spiro atoms. The highest BCUT2D eigenvalue weighted by molar-refractivity contribution is 7.18. The molecule has 26 heavy (non-hydrogen) atoms. The van der Waals surface area contributed by atoms with Crippen molar-refractivity contribution in [2.45, 2.75) is 32.2 Å². The van der Waals surface area contributed by atoms with Crippen LogP contribution < -0.4 is 10.9 Å². The number of carbonyl (C=O) groups excluding carboxylic acids is 1. The van der Waals surface area contributed by atoms with Gasteiger partial charge >= 0.3 is 0 Å². The number of aryl methyl sites for hydroxylation is 2. The van der Waals surface area contributed by atoms with Crippen LogP contribution in [0.1, 0.15) is 23.3 Å². The number of carbonyl (C=O) groups is 1. The fourth-order valence-corrected chi connectivity index (χ4v) is 4.81. The molecule has 0 bridgehead atoms.